The van der Waals surface area contributed by atoms with E-state index in [1.165, 1.54) is 31.4 Å². The van der Waals surface area contributed by atoms with E-state index in [1.54, 1.807) is 13.0 Å². The fraction of sp³-hybridized carbons (Fsp3) is 0.562. The van der Waals surface area contributed by atoms with Gasteiger partial charge in [-0.25, -0.2) is 4.39 Å². The summed E-state index contributed by atoms with van der Waals surface area (Å²) in [6, 6.07) is 4.37. The van der Waals surface area contributed by atoms with Crippen LogP contribution in [-0.4, -0.2) is 36.5 Å². The topological polar surface area (TPSA) is 32.3 Å². The third-order valence-electron chi connectivity index (χ3n) is 3.79. The summed E-state index contributed by atoms with van der Waals surface area (Å²) in [6.07, 6.45) is 3.81. The van der Waals surface area contributed by atoms with Crippen LogP contribution >= 0.6 is 0 Å². The first-order valence-electron chi connectivity index (χ1n) is 7.35. The Morgan fingerprint density at radius 2 is 2.05 bits per heavy atom. The molecule has 3 nitrogen and oxygen atoms in total. The average molecular weight is 278 g/mol. The third kappa shape index (κ3) is 4.04. The second kappa shape index (κ2) is 6.84. The lowest BCUT2D eigenvalue weighted by Crippen LogP contribution is -2.43. The normalized spacial score (nSPS) is 17.8. The molecule has 1 unspecified atom stereocenters. The molecule has 110 valence electrons. The summed E-state index contributed by atoms with van der Waals surface area (Å²) in [5.41, 5.74) is 1.23. The van der Waals surface area contributed by atoms with E-state index in [9.17, 15) is 9.18 Å². The molecule has 0 spiro atoms. The van der Waals surface area contributed by atoms with Gasteiger partial charge in [0, 0.05) is 18.2 Å². The molecule has 1 aromatic carbocycles. The van der Waals surface area contributed by atoms with Crippen molar-refractivity contribution in [1.29, 1.82) is 0 Å². The number of piperidine rings is 1. The first-order chi connectivity index (χ1) is 9.56. The summed E-state index contributed by atoms with van der Waals surface area (Å²) in [5, 5.41) is 3.00. The van der Waals surface area contributed by atoms with Crippen LogP contribution in [0.1, 0.15) is 42.1 Å². The predicted octanol–water partition coefficient (Wildman–Crippen LogP) is 2.74. The molecule has 0 radical (unpaired) electrons. The highest BCUT2D eigenvalue weighted by Crippen LogP contribution is 2.11. The van der Waals surface area contributed by atoms with Crippen molar-refractivity contribution in [3.05, 3.63) is 35.1 Å². The predicted molar refractivity (Wildman–Crippen MR) is 78.4 cm³/mol. The maximum atomic E-state index is 13.0. The van der Waals surface area contributed by atoms with Gasteiger partial charge in [-0.3, -0.25) is 4.79 Å². The molecular formula is C16H23FN2O. The number of amides is 1. The molecule has 2 rings (SSSR count). The van der Waals surface area contributed by atoms with Gasteiger partial charge in [0.25, 0.3) is 5.91 Å². The van der Waals surface area contributed by atoms with E-state index in [0.717, 1.165) is 19.6 Å². The lowest BCUT2D eigenvalue weighted by Gasteiger charge is -2.29. The van der Waals surface area contributed by atoms with E-state index in [2.05, 4.69) is 10.2 Å². The van der Waals surface area contributed by atoms with Crippen LogP contribution in [0.15, 0.2) is 18.2 Å². The quantitative estimate of drug-likeness (QED) is 0.918. The fourth-order valence-corrected chi connectivity index (χ4v) is 2.76. The molecule has 1 amide bonds. The Labute approximate surface area is 120 Å². The Hall–Kier alpha value is -1.42. The second-order valence-corrected chi connectivity index (χ2v) is 5.70. The molecule has 1 saturated heterocycles. The Morgan fingerprint density at radius 1 is 1.35 bits per heavy atom. The van der Waals surface area contributed by atoms with Crippen LogP contribution in [0.2, 0.25) is 0 Å². The summed E-state index contributed by atoms with van der Waals surface area (Å²) in [6.45, 7) is 6.90. The van der Waals surface area contributed by atoms with Crippen LogP contribution < -0.4 is 5.32 Å². The lowest BCUT2D eigenvalue weighted by atomic mass is 10.1. The number of aryl methyl sites for hydroxylation is 1. The zero-order chi connectivity index (χ0) is 14.5. The zero-order valence-corrected chi connectivity index (χ0v) is 12.3. The molecule has 1 heterocycles. The highest BCUT2D eigenvalue weighted by Gasteiger charge is 2.16. The average Bonchev–Trinajstić information content (AvgIpc) is 2.39. The van der Waals surface area contributed by atoms with E-state index in [0.29, 0.717) is 11.1 Å². The van der Waals surface area contributed by atoms with Gasteiger partial charge in [-0.15, -0.1) is 0 Å². The summed E-state index contributed by atoms with van der Waals surface area (Å²) in [7, 11) is 0. The molecule has 1 aliphatic heterocycles. The summed E-state index contributed by atoms with van der Waals surface area (Å²) in [5.74, 6) is -0.424. The van der Waals surface area contributed by atoms with Crippen molar-refractivity contribution in [2.75, 3.05) is 19.6 Å². The van der Waals surface area contributed by atoms with Crippen molar-refractivity contribution >= 4 is 5.91 Å². The molecule has 0 saturated carbocycles. The number of carbonyl (C=O) groups excluding carboxylic acids is 1. The fourth-order valence-electron chi connectivity index (χ4n) is 2.76. The van der Waals surface area contributed by atoms with Crippen LogP contribution in [-0.2, 0) is 0 Å². The standard InChI is InChI=1S/C16H23FN2O/c1-12-10-14(17)6-7-15(12)16(20)18-13(2)11-19-8-4-3-5-9-19/h6-7,10,13H,3-5,8-9,11H2,1-2H3,(H,18,20). The van der Waals surface area contributed by atoms with Gasteiger partial charge >= 0.3 is 0 Å². The molecule has 1 atom stereocenters. The van der Waals surface area contributed by atoms with E-state index >= 15 is 0 Å². The maximum absolute atomic E-state index is 13.0. The van der Waals surface area contributed by atoms with Crippen LogP contribution in [0.5, 0.6) is 0 Å². The van der Waals surface area contributed by atoms with Crippen LogP contribution in [0.25, 0.3) is 0 Å². The number of nitrogens with zero attached hydrogens (tertiary/aromatic N) is 1. The minimum Gasteiger partial charge on any atom is -0.348 e. The number of halogens is 1. The van der Waals surface area contributed by atoms with Gasteiger partial charge in [0.15, 0.2) is 0 Å². The Morgan fingerprint density at radius 3 is 2.70 bits per heavy atom. The summed E-state index contributed by atoms with van der Waals surface area (Å²) >= 11 is 0. The molecule has 0 aliphatic carbocycles. The number of hydrogen-bond donors (Lipinski definition) is 1. The monoisotopic (exact) mass is 278 g/mol. The SMILES string of the molecule is Cc1cc(F)ccc1C(=O)NC(C)CN1CCCCC1. The maximum Gasteiger partial charge on any atom is 0.251 e. The van der Waals surface area contributed by atoms with Gasteiger partial charge in [-0.05, 0) is 63.5 Å². The molecule has 20 heavy (non-hydrogen) atoms. The molecule has 1 aliphatic rings. The Bertz CT molecular complexity index is 470. The number of hydrogen-bond acceptors (Lipinski definition) is 2. The number of rotatable bonds is 4. The van der Waals surface area contributed by atoms with Crippen molar-refractivity contribution < 1.29 is 9.18 Å². The van der Waals surface area contributed by atoms with E-state index < -0.39 is 0 Å². The lowest BCUT2D eigenvalue weighted by molar-refractivity contribution is 0.0925. The Balaban J connectivity index is 1.89. The van der Waals surface area contributed by atoms with Gasteiger partial charge in [0.2, 0.25) is 0 Å². The van der Waals surface area contributed by atoms with E-state index in [4.69, 9.17) is 0 Å². The molecule has 0 aromatic heterocycles. The van der Waals surface area contributed by atoms with E-state index in [1.807, 2.05) is 6.92 Å². The number of likely N-dealkylation sites (tertiary alicyclic amines) is 1. The first-order valence-corrected chi connectivity index (χ1v) is 7.35. The van der Waals surface area contributed by atoms with Crippen LogP contribution in [0.4, 0.5) is 4.39 Å². The van der Waals surface area contributed by atoms with Gasteiger partial charge in [-0.1, -0.05) is 6.42 Å². The van der Waals surface area contributed by atoms with Crippen molar-refractivity contribution in [3.8, 4) is 0 Å². The number of benzene rings is 1. The van der Waals surface area contributed by atoms with Crippen molar-refractivity contribution in [3.63, 3.8) is 0 Å². The van der Waals surface area contributed by atoms with Crippen molar-refractivity contribution in [1.82, 2.24) is 10.2 Å². The summed E-state index contributed by atoms with van der Waals surface area (Å²) in [4.78, 5) is 14.6. The highest BCUT2D eigenvalue weighted by atomic mass is 19.1. The molecular weight excluding hydrogens is 255 g/mol. The number of nitrogens with one attached hydrogen (secondary N) is 1. The van der Waals surface area contributed by atoms with Gasteiger partial charge in [0.05, 0.1) is 0 Å². The molecule has 0 bridgehead atoms. The van der Waals surface area contributed by atoms with E-state index in [-0.39, 0.29) is 17.8 Å². The molecule has 1 N–H and O–H groups in total. The Kier molecular flexibility index (Phi) is 5.12. The number of carbonyl (C=O) groups is 1. The van der Waals surface area contributed by atoms with Crippen molar-refractivity contribution in [2.24, 2.45) is 0 Å². The minimum absolute atomic E-state index is 0.102. The minimum atomic E-state index is -0.305. The smallest absolute Gasteiger partial charge is 0.251 e. The zero-order valence-electron chi connectivity index (χ0n) is 12.3. The largest absolute Gasteiger partial charge is 0.348 e. The van der Waals surface area contributed by atoms with Crippen LogP contribution in [0.3, 0.4) is 0 Å². The van der Waals surface area contributed by atoms with Crippen molar-refractivity contribution in [2.45, 2.75) is 39.2 Å². The van der Waals surface area contributed by atoms with Gasteiger partial charge in [0.1, 0.15) is 5.82 Å². The molecule has 1 fully saturated rings. The summed E-state index contributed by atoms with van der Waals surface area (Å²) < 4.78 is 13.0. The highest BCUT2D eigenvalue weighted by molar-refractivity contribution is 5.95. The molecule has 1 aromatic rings. The second-order valence-electron chi connectivity index (χ2n) is 5.70. The molecule has 4 heteroatoms. The van der Waals surface area contributed by atoms with Gasteiger partial charge < -0.3 is 10.2 Å². The third-order valence-corrected chi connectivity index (χ3v) is 3.79. The van der Waals surface area contributed by atoms with Crippen LogP contribution in [0, 0.1) is 12.7 Å². The van der Waals surface area contributed by atoms with Gasteiger partial charge in [-0.2, -0.15) is 0 Å². The first kappa shape index (κ1) is 15.0.